The van der Waals surface area contributed by atoms with Crippen molar-refractivity contribution in [2.45, 2.75) is 13.3 Å². The van der Waals surface area contributed by atoms with E-state index in [1.165, 1.54) is 0 Å². The largest absolute Gasteiger partial charge is 0.497 e. The van der Waals surface area contributed by atoms with Crippen molar-refractivity contribution in [3.8, 4) is 22.9 Å². The summed E-state index contributed by atoms with van der Waals surface area (Å²) in [6.45, 7) is 2.03. The highest BCUT2D eigenvalue weighted by atomic mass is 16.5. The van der Waals surface area contributed by atoms with Crippen LogP contribution in [-0.4, -0.2) is 24.2 Å². The molecule has 0 unspecified atom stereocenters. The summed E-state index contributed by atoms with van der Waals surface area (Å²) in [5, 5.41) is 0. The molecule has 0 radical (unpaired) electrons. The topological polar surface area (TPSA) is 70.3 Å². The summed E-state index contributed by atoms with van der Waals surface area (Å²) in [7, 11) is 3.21. The second-order valence-corrected chi connectivity index (χ2v) is 4.06. The summed E-state index contributed by atoms with van der Waals surface area (Å²) in [5.41, 5.74) is 7.52. The maximum atomic E-state index is 5.80. The van der Waals surface area contributed by atoms with Crippen LogP contribution in [0.15, 0.2) is 24.3 Å². The lowest BCUT2D eigenvalue weighted by atomic mass is 10.1. The van der Waals surface area contributed by atoms with Crippen molar-refractivity contribution in [2.24, 2.45) is 0 Å². The summed E-state index contributed by atoms with van der Waals surface area (Å²) >= 11 is 0. The van der Waals surface area contributed by atoms with Crippen LogP contribution in [-0.2, 0) is 6.42 Å². The van der Waals surface area contributed by atoms with Gasteiger partial charge in [-0.15, -0.1) is 0 Å². The van der Waals surface area contributed by atoms with Crippen LogP contribution in [0.5, 0.6) is 11.5 Å². The van der Waals surface area contributed by atoms with Gasteiger partial charge in [0.15, 0.2) is 5.82 Å². The molecule has 2 aromatic rings. The fourth-order valence-electron chi connectivity index (χ4n) is 1.77. The molecule has 0 aliphatic heterocycles. The van der Waals surface area contributed by atoms with Crippen molar-refractivity contribution in [3.63, 3.8) is 0 Å². The van der Waals surface area contributed by atoms with E-state index in [4.69, 9.17) is 15.2 Å². The van der Waals surface area contributed by atoms with Crippen LogP contribution >= 0.6 is 0 Å². The standard InChI is InChI=1S/C14H17N3O2/c1-4-10-7-13(15)17-14(16-10)9-5-11(18-2)8-12(6-9)19-3/h5-8H,4H2,1-3H3,(H2,15,16,17). The molecule has 0 amide bonds. The Kier molecular flexibility index (Phi) is 3.85. The molecular weight excluding hydrogens is 242 g/mol. The number of rotatable bonds is 4. The molecule has 0 aliphatic carbocycles. The van der Waals surface area contributed by atoms with Gasteiger partial charge in [0.1, 0.15) is 17.3 Å². The lowest BCUT2D eigenvalue weighted by Gasteiger charge is -2.09. The Morgan fingerprint density at radius 3 is 2.16 bits per heavy atom. The average molecular weight is 259 g/mol. The summed E-state index contributed by atoms with van der Waals surface area (Å²) in [6, 6.07) is 7.30. The van der Waals surface area contributed by atoms with Crippen LogP contribution in [0, 0.1) is 0 Å². The van der Waals surface area contributed by atoms with Crippen LogP contribution in [0.25, 0.3) is 11.4 Å². The van der Waals surface area contributed by atoms with Gasteiger partial charge < -0.3 is 15.2 Å². The first-order chi connectivity index (χ1) is 9.16. The number of methoxy groups -OCH3 is 2. The lowest BCUT2D eigenvalue weighted by molar-refractivity contribution is 0.394. The number of benzene rings is 1. The van der Waals surface area contributed by atoms with Crippen molar-refractivity contribution >= 4 is 5.82 Å². The number of hydrogen-bond acceptors (Lipinski definition) is 5. The van der Waals surface area contributed by atoms with Gasteiger partial charge in [0.2, 0.25) is 0 Å². The van der Waals surface area contributed by atoms with E-state index in [1.807, 2.05) is 19.1 Å². The van der Waals surface area contributed by atoms with Gasteiger partial charge in [0.25, 0.3) is 0 Å². The number of aryl methyl sites for hydroxylation is 1. The molecule has 2 N–H and O–H groups in total. The molecule has 1 aromatic heterocycles. The maximum absolute atomic E-state index is 5.80. The Hall–Kier alpha value is -2.30. The van der Waals surface area contributed by atoms with Crippen molar-refractivity contribution in [2.75, 3.05) is 20.0 Å². The predicted octanol–water partition coefficient (Wildman–Crippen LogP) is 2.31. The second kappa shape index (κ2) is 5.56. The first-order valence-corrected chi connectivity index (χ1v) is 6.03. The molecule has 19 heavy (non-hydrogen) atoms. The number of anilines is 1. The number of nitrogen functional groups attached to an aromatic ring is 1. The van der Waals surface area contributed by atoms with E-state index in [2.05, 4.69) is 9.97 Å². The summed E-state index contributed by atoms with van der Waals surface area (Å²) < 4.78 is 10.5. The van der Waals surface area contributed by atoms with Crippen molar-refractivity contribution in [3.05, 3.63) is 30.0 Å². The fraction of sp³-hybridized carbons (Fsp3) is 0.286. The van der Waals surface area contributed by atoms with Gasteiger partial charge in [0, 0.05) is 23.4 Å². The molecule has 1 heterocycles. The predicted molar refractivity (Wildman–Crippen MR) is 74.4 cm³/mol. The molecule has 1 aromatic carbocycles. The van der Waals surface area contributed by atoms with Gasteiger partial charge in [-0.2, -0.15) is 0 Å². The number of aromatic nitrogens is 2. The van der Waals surface area contributed by atoms with Crippen molar-refractivity contribution in [1.82, 2.24) is 9.97 Å². The molecule has 0 bridgehead atoms. The minimum atomic E-state index is 0.462. The van der Waals surface area contributed by atoms with Gasteiger partial charge in [-0.1, -0.05) is 6.92 Å². The normalized spacial score (nSPS) is 10.3. The SMILES string of the molecule is CCc1cc(N)nc(-c2cc(OC)cc(OC)c2)n1. The molecule has 0 atom stereocenters. The molecule has 5 heteroatoms. The molecule has 100 valence electrons. The third-order valence-corrected chi connectivity index (χ3v) is 2.77. The van der Waals surface area contributed by atoms with E-state index < -0.39 is 0 Å². The van der Waals surface area contributed by atoms with Crippen LogP contribution in [0.3, 0.4) is 0 Å². The highest BCUT2D eigenvalue weighted by molar-refractivity contribution is 5.62. The summed E-state index contributed by atoms with van der Waals surface area (Å²) in [5.74, 6) is 2.43. The molecule has 0 saturated carbocycles. The number of nitrogens with two attached hydrogens (primary N) is 1. The maximum Gasteiger partial charge on any atom is 0.162 e. The minimum Gasteiger partial charge on any atom is -0.497 e. The van der Waals surface area contributed by atoms with E-state index in [0.717, 1.165) is 17.7 Å². The van der Waals surface area contributed by atoms with Crippen molar-refractivity contribution < 1.29 is 9.47 Å². The molecule has 0 fully saturated rings. The van der Waals surface area contributed by atoms with Crippen LogP contribution in [0.4, 0.5) is 5.82 Å². The molecular formula is C14H17N3O2. The lowest BCUT2D eigenvalue weighted by Crippen LogP contribution is -2.00. The molecule has 0 saturated heterocycles. The van der Waals surface area contributed by atoms with Crippen LogP contribution in [0.1, 0.15) is 12.6 Å². The van der Waals surface area contributed by atoms with Gasteiger partial charge >= 0.3 is 0 Å². The average Bonchev–Trinajstić information content (AvgIpc) is 2.45. The number of hydrogen-bond donors (Lipinski definition) is 1. The Balaban J connectivity index is 2.54. The number of ether oxygens (including phenoxy) is 2. The monoisotopic (exact) mass is 259 g/mol. The van der Waals surface area contributed by atoms with Gasteiger partial charge in [-0.05, 0) is 18.6 Å². The zero-order chi connectivity index (χ0) is 13.8. The molecule has 5 nitrogen and oxygen atoms in total. The highest BCUT2D eigenvalue weighted by Crippen LogP contribution is 2.28. The van der Waals surface area contributed by atoms with Gasteiger partial charge in [-0.3, -0.25) is 0 Å². The molecule has 0 aliphatic rings. The van der Waals surface area contributed by atoms with E-state index in [1.54, 1.807) is 26.4 Å². The highest BCUT2D eigenvalue weighted by Gasteiger charge is 2.08. The third kappa shape index (κ3) is 2.93. The minimum absolute atomic E-state index is 0.462. The molecule has 0 spiro atoms. The Morgan fingerprint density at radius 2 is 1.63 bits per heavy atom. The quantitative estimate of drug-likeness (QED) is 0.912. The van der Waals surface area contributed by atoms with Gasteiger partial charge in [-0.25, -0.2) is 9.97 Å². The number of nitrogens with zero attached hydrogens (tertiary/aromatic N) is 2. The van der Waals surface area contributed by atoms with E-state index in [-0.39, 0.29) is 0 Å². The Morgan fingerprint density at radius 1 is 1.00 bits per heavy atom. The second-order valence-electron chi connectivity index (χ2n) is 4.06. The van der Waals surface area contributed by atoms with Gasteiger partial charge in [0.05, 0.1) is 14.2 Å². The summed E-state index contributed by atoms with van der Waals surface area (Å²) in [4.78, 5) is 8.73. The summed E-state index contributed by atoms with van der Waals surface area (Å²) in [6.07, 6.45) is 0.806. The Labute approximate surface area is 112 Å². The Bertz CT molecular complexity index is 563. The third-order valence-electron chi connectivity index (χ3n) is 2.77. The molecule has 2 rings (SSSR count). The van der Waals surface area contributed by atoms with Crippen molar-refractivity contribution in [1.29, 1.82) is 0 Å². The van der Waals surface area contributed by atoms with E-state index >= 15 is 0 Å². The first kappa shape index (κ1) is 13.1. The smallest absolute Gasteiger partial charge is 0.162 e. The zero-order valence-corrected chi connectivity index (χ0v) is 11.3. The zero-order valence-electron chi connectivity index (χ0n) is 11.3. The van der Waals surface area contributed by atoms with E-state index in [9.17, 15) is 0 Å². The first-order valence-electron chi connectivity index (χ1n) is 6.03. The van der Waals surface area contributed by atoms with E-state index in [0.29, 0.717) is 23.1 Å². The van der Waals surface area contributed by atoms with Crippen LogP contribution in [0.2, 0.25) is 0 Å². The fourth-order valence-corrected chi connectivity index (χ4v) is 1.77. The van der Waals surface area contributed by atoms with Crippen LogP contribution < -0.4 is 15.2 Å².